The van der Waals surface area contributed by atoms with E-state index in [-0.39, 0.29) is 18.5 Å². The molecule has 86 valence electrons. The molecule has 3 nitrogen and oxygen atoms in total. The molecule has 1 aliphatic rings. The molecule has 0 spiro atoms. The summed E-state index contributed by atoms with van der Waals surface area (Å²) >= 11 is 0. The fourth-order valence-electron chi connectivity index (χ4n) is 1.57. The Kier molecular flexibility index (Phi) is 2.72. The Balaban J connectivity index is 2.05. The molecule has 0 aliphatic carbocycles. The van der Waals surface area contributed by atoms with Gasteiger partial charge in [0.05, 0.1) is 11.2 Å². The van der Waals surface area contributed by atoms with Crippen molar-refractivity contribution >= 4 is 12.9 Å². The van der Waals surface area contributed by atoms with E-state index < -0.39 is 0 Å². The molecule has 0 aromatic heterocycles. The van der Waals surface area contributed by atoms with E-state index in [1.807, 2.05) is 58.0 Å². The van der Waals surface area contributed by atoms with Crippen LogP contribution in [-0.4, -0.2) is 18.5 Å². The summed E-state index contributed by atoms with van der Waals surface area (Å²) in [7, 11) is -0.382. The predicted octanol–water partition coefficient (Wildman–Crippen LogP) is 2.69. The zero-order chi connectivity index (χ0) is 11.8. The van der Waals surface area contributed by atoms with E-state index in [1.54, 1.807) is 0 Å². The molecule has 1 aromatic carbocycles. The highest BCUT2D eigenvalue weighted by Crippen LogP contribution is 2.36. The van der Waals surface area contributed by atoms with Gasteiger partial charge in [0.15, 0.2) is 0 Å². The van der Waals surface area contributed by atoms with Crippen molar-refractivity contribution in [2.24, 2.45) is 0 Å². The minimum Gasteiger partial charge on any atom is -0.384 e. The molecule has 1 aliphatic heterocycles. The number of rotatable bonds is 2. The minimum absolute atomic E-state index is 0.292. The normalized spacial score (nSPS) is 22.1. The van der Waals surface area contributed by atoms with E-state index >= 15 is 0 Å². The van der Waals surface area contributed by atoms with Gasteiger partial charge in [0.2, 0.25) is 0 Å². The zero-order valence-corrected chi connectivity index (χ0v) is 10.3. The highest BCUT2D eigenvalue weighted by atomic mass is 16.7. The molecule has 1 aromatic rings. The molecule has 1 saturated heterocycles. The first kappa shape index (κ1) is 11.5. The average Bonchev–Trinajstić information content (AvgIpc) is 2.36. The summed E-state index contributed by atoms with van der Waals surface area (Å²) in [5, 5.41) is 3.21. The molecule has 4 heteroatoms. The van der Waals surface area contributed by atoms with Gasteiger partial charge in [0, 0.05) is 5.69 Å². The highest BCUT2D eigenvalue weighted by Gasteiger charge is 2.51. The van der Waals surface area contributed by atoms with Gasteiger partial charge in [-0.25, -0.2) is 0 Å². The van der Waals surface area contributed by atoms with Crippen molar-refractivity contribution in [2.45, 2.75) is 38.9 Å². The molecule has 2 rings (SSSR count). The largest absolute Gasteiger partial charge is 0.591 e. The van der Waals surface area contributed by atoms with Gasteiger partial charge in [-0.1, -0.05) is 18.2 Å². The monoisotopic (exact) mass is 219 g/mol. The van der Waals surface area contributed by atoms with Crippen molar-refractivity contribution in [1.29, 1.82) is 0 Å². The third-order valence-corrected chi connectivity index (χ3v) is 3.31. The van der Waals surface area contributed by atoms with Gasteiger partial charge < -0.3 is 14.5 Å². The van der Waals surface area contributed by atoms with Crippen LogP contribution in [0.15, 0.2) is 30.3 Å². The van der Waals surface area contributed by atoms with Gasteiger partial charge in [-0.15, -0.1) is 0 Å². The van der Waals surface area contributed by atoms with Crippen LogP contribution in [0.5, 0.6) is 0 Å². The predicted molar refractivity (Wildman–Crippen MR) is 66.1 cm³/mol. The Morgan fingerprint density at radius 3 is 1.94 bits per heavy atom. The smallest absolute Gasteiger partial charge is 0.384 e. The summed E-state index contributed by atoms with van der Waals surface area (Å²) in [4.78, 5) is 0. The van der Waals surface area contributed by atoms with Gasteiger partial charge in [-0.2, -0.15) is 0 Å². The molecule has 0 amide bonds. The molecule has 16 heavy (non-hydrogen) atoms. The van der Waals surface area contributed by atoms with Crippen LogP contribution in [0.2, 0.25) is 0 Å². The third kappa shape index (κ3) is 2.08. The summed E-state index contributed by atoms with van der Waals surface area (Å²) in [6.45, 7) is 8.17. The van der Waals surface area contributed by atoms with E-state index in [2.05, 4.69) is 5.23 Å². The molecule has 0 atom stereocenters. The van der Waals surface area contributed by atoms with Gasteiger partial charge >= 0.3 is 7.25 Å². The number of hydrogen-bond acceptors (Lipinski definition) is 3. The summed E-state index contributed by atoms with van der Waals surface area (Å²) in [5.74, 6) is 0. The fourth-order valence-corrected chi connectivity index (χ4v) is 1.57. The van der Waals surface area contributed by atoms with Crippen molar-refractivity contribution in [3.63, 3.8) is 0 Å². The van der Waals surface area contributed by atoms with Crippen molar-refractivity contribution < 1.29 is 9.31 Å². The second kappa shape index (κ2) is 3.79. The fraction of sp³-hybridized carbons (Fsp3) is 0.500. The van der Waals surface area contributed by atoms with Crippen LogP contribution in [-0.2, 0) is 9.31 Å². The first-order chi connectivity index (χ1) is 7.41. The Labute approximate surface area is 97.3 Å². The molecular formula is C12H18BNO2. The van der Waals surface area contributed by atoms with Gasteiger partial charge in [-0.05, 0) is 39.8 Å². The Morgan fingerprint density at radius 1 is 0.938 bits per heavy atom. The maximum atomic E-state index is 5.83. The van der Waals surface area contributed by atoms with Crippen LogP contribution < -0.4 is 5.23 Å². The van der Waals surface area contributed by atoms with E-state index in [1.165, 1.54) is 0 Å². The van der Waals surface area contributed by atoms with Crippen LogP contribution in [0.1, 0.15) is 27.7 Å². The highest BCUT2D eigenvalue weighted by molar-refractivity contribution is 6.49. The van der Waals surface area contributed by atoms with Crippen LogP contribution in [0.3, 0.4) is 0 Å². The van der Waals surface area contributed by atoms with Gasteiger partial charge in [0.1, 0.15) is 0 Å². The molecule has 1 heterocycles. The SMILES string of the molecule is CC1(C)OB(Nc2ccccc2)OC1(C)C. The number of anilines is 1. The molecule has 0 saturated carbocycles. The first-order valence-electron chi connectivity index (χ1n) is 5.58. The minimum atomic E-state index is -0.382. The van der Waals surface area contributed by atoms with Crippen LogP contribution in [0.25, 0.3) is 0 Å². The van der Waals surface area contributed by atoms with Crippen LogP contribution in [0, 0.1) is 0 Å². The molecular weight excluding hydrogens is 201 g/mol. The Bertz CT molecular complexity index is 349. The average molecular weight is 219 g/mol. The lowest BCUT2D eigenvalue weighted by molar-refractivity contribution is 0.00578. The molecule has 1 N–H and O–H groups in total. The lowest BCUT2D eigenvalue weighted by atomic mass is 9.90. The molecule has 1 fully saturated rings. The van der Waals surface area contributed by atoms with Crippen molar-refractivity contribution in [3.05, 3.63) is 30.3 Å². The number of nitrogens with one attached hydrogen (secondary N) is 1. The van der Waals surface area contributed by atoms with Crippen molar-refractivity contribution in [1.82, 2.24) is 0 Å². The Hall–Kier alpha value is -0.995. The number of para-hydroxylation sites is 1. The van der Waals surface area contributed by atoms with E-state index in [4.69, 9.17) is 9.31 Å². The van der Waals surface area contributed by atoms with E-state index in [0.29, 0.717) is 0 Å². The van der Waals surface area contributed by atoms with Crippen molar-refractivity contribution in [3.8, 4) is 0 Å². The molecule has 0 unspecified atom stereocenters. The maximum Gasteiger partial charge on any atom is 0.591 e. The van der Waals surface area contributed by atoms with Crippen molar-refractivity contribution in [2.75, 3.05) is 5.23 Å². The van der Waals surface area contributed by atoms with E-state index in [0.717, 1.165) is 5.69 Å². The quantitative estimate of drug-likeness (QED) is 0.775. The Morgan fingerprint density at radius 2 is 1.44 bits per heavy atom. The van der Waals surface area contributed by atoms with Crippen LogP contribution in [0.4, 0.5) is 5.69 Å². The van der Waals surface area contributed by atoms with Gasteiger partial charge in [0.25, 0.3) is 0 Å². The third-order valence-electron chi connectivity index (χ3n) is 3.31. The van der Waals surface area contributed by atoms with Gasteiger partial charge in [-0.3, -0.25) is 0 Å². The number of hydrogen-bond donors (Lipinski definition) is 1. The topological polar surface area (TPSA) is 30.5 Å². The zero-order valence-electron chi connectivity index (χ0n) is 10.3. The van der Waals surface area contributed by atoms with E-state index in [9.17, 15) is 0 Å². The summed E-state index contributed by atoms with van der Waals surface area (Å²) < 4.78 is 11.7. The summed E-state index contributed by atoms with van der Waals surface area (Å²) in [6, 6.07) is 9.92. The summed E-state index contributed by atoms with van der Waals surface area (Å²) in [5.41, 5.74) is 0.416. The second-order valence-electron chi connectivity index (χ2n) is 5.10. The maximum absolute atomic E-state index is 5.83. The van der Waals surface area contributed by atoms with Crippen LogP contribution >= 0.6 is 0 Å². The standard InChI is InChI=1S/C12H18BNO2/c1-11(2)12(3,4)16-13(15-11)14-10-8-6-5-7-9-10/h5-9,14H,1-4H3. The summed E-state index contributed by atoms with van der Waals surface area (Å²) in [6.07, 6.45) is 0. The lowest BCUT2D eigenvalue weighted by Crippen LogP contribution is -2.41. The first-order valence-corrected chi connectivity index (χ1v) is 5.58. The second-order valence-corrected chi connectivity index (χ2v) is 5.10. The molecule has 0 radical (unpaired) electrons. The lowest BCUT2D eigenvalue weighted by Gasteiger charge is -2.32. The molecule has 0 bridgehead atoms. The number of benzene rings is 1.